The summed E-state index contributed by atoms with van der Waals surface area (Å²) >= 11 is 4.23. The van der Waals surface area contributed by atoms with Crippen molar-refractivity contribution < 1.29 is 43.5 Å². The minimum atomic E-state index is -2.25. The average Bonchev–Trinajstić information content (AvgIpc) is 2.93. The van der Waals surface area contributed by atoms with Gasteiger partial charge >= 0.3 is 5.97 Å². The second-order valence-corrected chi connectivity index (χ2v) is 12.1. The lowest BCUT2D eigenvalue weighted by Gasteiger charge is -2.41. The third-order valence-electron chi connectivity index (χ3n) is 8.76. The van der Waals surface area contributed by atoms with E-state index >= 15 is 0 Å². The van der Waals surface area contributed by atoms with Gasteiger partial charge in [0, 0.05) is 19.6 Å². The Labute approximate surface area is 237 Å². The summed E-state index contributed by atoms with van der Waals surface area (Å²) in [6, 6.07) is -0.879. The van der Waals surface area contributed by atoms with Crippen LogP contribution in [0, 0.1) is 17.8 Å². The monoisotopic (exact) mass is 573 g/mol. The highest BCUT2D eigenvalue weighted by Crippen LogP contribution is 2.36. The molecular weight excluding hydrogens is 526 g/mol. The number of rotatable bonds is 11. The first-order chi connectivity index (χ1) is 18.5. The minimum absolute atomic E-state index is 0.0155. The van der Waals surface area contributed by atoms with E-state index in [-0.39, 0.29) is 37.4 Å². The Bertz CT molecular complexity index is 844. The molecule has 39 heavy (non-hydrogen) atoms. The standard InChI is InChI=1S/C28H47NO9S/c1-17(15-20-9-10-22(36-14-13-30)23(16-20)35-4)19(3)37-27(33)21-7-5-6-12-29(21)26(32)25(31)28(34)18(2)8-11-24(39)38-28/h17-24,30,34,39H,5-16H2,1-4H3. The molecule has 0 spiro atoms. The Kier molecular flexibility index (Phi) is 12.1. The molecule has 0 bridgehead atoms. The van der Waals surface area contributed by atoms with Crippen LogP contribution in [0.5, 0.6) is 0 Å². The van der Waals surface area contributed by atoms with Gasteiger partial charge in [-0.15, -0.1) is 12.6 Å². The van der Waals surface area contributed by atoms with Crippen LogP contribution in [-0.4, -0.2) is 95.2 Å². The zero-order chi connectivity index (χ0) is 28.7. The van der Waals surface area contributed by atoms with Crippen LogP contribution in [0.1, 0.15) is 78.6 Å². The lowest BCUT2D eigenvalue weighted by Crippen LogP contribution is -2.60. The van der Waals surface area contributed by atoms with E-state index in [1.165, 1.54) is 4.90 Å². The van der Waals surface area contributed by atoms with Crippen LogP contribution in [0.25, 0.3) is 0 Å². The van der Waals surface area contributed by atoms with E-state index < -0.39 is 40.8 Å². The van der Waals surface area contributed by atoms with Gasteiger partial charge in [0.1, 0.15) is 17.6 Å². The number of aliphatic hydroxyl groups is 2. The van der Waals surface area contributed by atoms with Crippen molar-refractivity contribution >= 4 is 30.3 Å². The highest BCUT2D eigenvalue weighted by molar-refractivity contribution is 7.80. The number of Topliss-reactive ketones (excluding diaryl/α,β-unsaturated/α-hetero) is 1. The van der Waals surface area contributed by atoms with E-state index in [9.17, 15) is 19.5 Å². The van der Waals surface area contributed by atoms with Crippen LogP contribution in [-0.2, 0) is 33.3 Å². The van der Waals surface area contributed by atoms with Gasteiger partial charge in [0.15, 0.2) is 0 Å². The van der Waals surface area contributed by atoms with Gasteiger partial charge in [-0.1, -0.05) is 13.8 Å². The zero-order valence-corrected chi connectivity index (χ0v) is 24.6. The van der Waals surface area contributed by atoms with Crippen molar-refractivity contribution in [3.8, 4) is 0 Å². The van der Waals surface area contributed by atoms with E-state index in [1.54, 1.807) is 14.0 Å². The minimum Gasteiger partial charge on any atom is -0.461 e. The Morgan fingerprint density at radius 2 is 1.85 bits per heavy atom. The molecule has 3 aliphatic rings. The third-order valence-corrected chi connectivity index (χ3v) is 9.12. The first-order valence-electron chi connectivity index (χ1n) is 14.4. The van der Waals surface area contributed by atoms with E-state index in [0.29, 0.717) is 38.2 Å². The maximum absolute atomic E-state index is 13.3. The van der Waals surface area contributed by atoms with Crippen LogP contribution in [0.15, 0.2) is 0 Å². The van der Waals surface area contributed by atoms with Crippen molar-refractivity contribution in [2.24, 2.45) is 17.8 Å². The fraction of sp³-hybridized carbons (Fsp3) is 0.893. The van der Waals surface area contributed by atoms with Gasteiger partial charge in [0.05, 0.1) is 25.4 Å². The van der Waals surface area contributed by atoms with Crippen molar-refractivity contribution in [1.82, 2.24) is 4.90 Å². The molecule has 1 saturated carbocycles. The maximum atomic E-state index is 13.3. The second-order valence-electron chi connectivity index (χ2n) is 11.5. The van der Waals surface area contributed by atoms with Gasteiger partial charge in [-0.05, 0) is 76.5 Å². The molecule has 2 saturated heterocycles. The molecule has 9 atom stereocenters. The molecule has 1 amide bonds. The molecule has 2 aliphatic heterocycles. The third kappa shape index (κ3) is 7.95. The SMILES string of the molecule is COC1CC(CC(C)C(C)OC(=O)C2CCCCN2C(=O)C(=O)C2(O)OC(S)CCC2C)CCC1OCCO. The smallest absolute Gasteiger partial charge is 0.329 e. The average molecular weight is 574 g/mol. The van der Waals surface area contributed by atoms with Gasteiger partial charge in [-0.25, -0.2) is 4.79 Å². The molecule has 2 N–H and O–H groups in total. The summed E-state index contributed by atoms with van der Waals surface area (Å²) in [5, 5.41) is 20.0. The van der Waals surface area contributed by atoms with Gasteiger partial charge in [-0.3, -0.25) is 9.59 Å². The molecule has 0 radical (unpaired) electrons. The van der Waals surface area contributed by atoms with Gasteiger partial charge in [0.25, 0.3) is 11.7 Å². The first kappa shape index (κ1) is 32.3. The predicted octanol–water partition coefficient (Wildman–Crippen LogP) is 2.48. The number of piperidine rings is 1. The summed E-state index contributed by atoms with van der Waals surface area (Å²) in [5.41, 5.74) is -0.644. The van der Waals surface area contributed by atoms with Crippen molar-refractivity contribution in [2.75, 3.05) is 26.9 Å². The van der Waals surface area contributed by atoms with E-state index in [1.807, 2.05) is 13.8 Å². The summed E-state index contributed by atoms with van der Waals surface area (Å²) in [6.07, 6.45) is 5.89. The number of carbonyl (C=O) groups excluding carboxylic acids is 3. The van der Waals surface area contributed by atoms with Crippen LogP contribution < -0.4 is 0 Å². The first-order valence-corrected chi connectivity index (χ1v) is 14.9. The van der Waals surface area contributed by atoms with Crippen LogP contribution in [0.3, 0.4) is 0 Å². The number of carbonyl (C=O) groups is 3. The molecule has 9 unspecified atom stereocenters. The van der Waals surface area contributed by atoms with Gasteiger partial charge in [-0.2, -0.15) is 0 Å². The summed E-state index contributed by atoms with van der Waals surface area (Å²) < 4.78 is 22.7. The quantitative estimate of drug-likeness (QED) is 0.194. The summed E-state index contributed by atoms with van der Waals surface area (Å²) in [4.78, 5) is 40.9. The fourth-order valence-corrected chi connectivity index (χ4v) is 6.40. The Hall–Kier alpha value is -1.24. The summed E-state index contributed by atoms with van der Waals surface area (Å²) in [6.45, 7) is 6.10. The predicted molar refractivity (Wildman–Crippen MR) is 146 cm³/mol. The van der Waals surface area contributed by atoms with E-state index in [2.05, 4.69) is 12.6 Å². The molecule has 1 aliphatic carbocycles. The lowest BCUT2D eigenvalue weighted by molar-refractivity contribution is -0.247. The molecule has 3 fully saturated rings. The number of hydrogen-bond acceptors (Lipinski definition) is 10. The van der Waals surface area contributed by atoms with Crippen molar-refractivity contribution in [2.45, 2.75) is 114 Å². The van der Waals surface area contributed by atoms with Gasteiger partial charge in [0.2, 0.25) is 5.79 Å². The largest absolute Gasteiger partial charge is 0.461 e. The lowest BCUT2D eigenvalue weighted by atomic mass is 9.79. The summed E-state index contributed by atoms with van der Waals surface area (Å²) in [5.74, 6) is -4.85. The number of ketones is 1. The van der Waals surface area contributed by atoms with Crippen molar-refractivity contribution in [1.29, 1.82) is 0 Å². The summed E-state index contributed by atoms with van der Waals surface area (Å²) in [7, 11) is 1.68. The highest BCUT2D eigenvalue weighted by Gasteiger charge is 2.52. The normalized spacial score (nSPS) is 35.2. The number of thiol groups is 1. The fourth-order valence-electron chi connectivity index (χ4n) is 6.09. The number of ether oxygens (including phenoxy) is 4. The number of esters is 1. The van der Waals surface area contributed by atoms with E-state index in [4.69, 9.17) is 24.1 Å². The molecule has 0 aromatic heterocycles. The molecule has 3 rings (SSSR count). The second kappa shape index (κ2) is 14.6. The molecule has 0 aromatic carbocycles. The molecule has 2 heterocycles. The number of likely N-dealkylation sites (tertiary alicyclic amines) is 1. The molecule has 0 aromatic rings. The molecular formula is C28H47NO9S. The van der Waals surface area contributed by atoms with Crippen molar-refractivity contribution in [3.63, 3.8) is 0 Å². The number of hydrogen-bond donors (Lipinski definition) is 3. The number of aliphatic hydroxyl groups excluding tert-OH is 1. The Morgan fingerprint density at radius 3 is 2.54 bits per heavy atom. The number of nitrogens with zero attached hydrogens (tertiary/aromatic N) is 1. The molecule has 11 heteroatoms. The van der Waals surface area contributed by atoms with Crippen molar-refractivity contribution in [3.05, 3.63) is 0 Å². The molecule has 224 valence electrons. The van der Waals surface area contributed by atoms with Crippen LogP contribution >= 0.6 is 12.6 Å². The highest BCUT2D eigenvalue weighted by atomic mass is 32.1. The Morgan fingerprint density at radius 1 is 1.10 bits per heavy atom. The number of methoxy groups -OCH3 is 1. The maximum Gasteiger partial charge on any atom is 0.329 e. The topological polar surface area (TPSA) is 132 Å². The van der Waals surface area contributed by atoms with Crippen LogP contribution in [0.4, 0.5) is 0 Å². The zero-order valence-electron chi connectivity index (χ0n) is 23.8. The Balaban J connectivity index is 1.57. The number of amides is 1. The van der Waals surface area contributed by atoms with Gasteiger partial charge < -0.3 is 34.1 Å². The van der Waals surface area contributed by atoms with Crippen LogP contribution in [0.2, 0.25) is 0 Å². The van der Waals surface area contributed by atoms with E-state index in [0.717, 1.165) is 32.1 Å². The molecule has 10 nitrogen and oxygen atoms in total.